The van der Waals surface area contributed by atoms with Crippen LogP contribution >= 0.6 is 0 Å². The number of aromatic nitrogens is 1. The minimum atomic E-state index is -1.14. The van der Waals surface area contributed by atoms with Crippen LogP contribution in [-0.4, -0.2) is 28.0 Å². The van der Waals surface area contributed by atoms with E-state index in [1.165, 1.54) is 18.2 Å². The first-order valence-electron chi connectivity index (χ1n) is 6.19. The first-order chi connectivity index (χ1) is 8.68. The zero-order valence-electron chi connectivity index (χ0n) is 11.5. The van der Waals surface area contributed by atoms with Crippen molar-refractivity contribution in [2.24, 2.45) is 10.8 Å². The Bertz CT molecular complexity index is 535. The average molecular weight is 262 g/mol. The second kappa shape index (κ2) is 4.05. The summed E-state index contributed by atoms with van der Waals surface area (Å²) in [6.45, 7) is 8.39. The van der Waals surface area contributed by atoms with Crippen LogP contribution in [0.5, 0.6) is 0 Å². The number of aromatic carboxylic acids is 1. The molecule has 1 aromatic rings. The van der Waals surface area contributed by atoms with Crippen LogP contribution in [0.15, 0.2) is 18.2 Å². The summed E-state index contributed by atoms with van der Waals surface area (Å²) in [6, 6.07) is 4.48. The van der Waals surface area contributed by atoms with Gasteiger partial charge in [-0.05, 0) is 23.0 Å². The van der Waals surface area contributed by atoms with Crippen molar-refractivity contribution in [3.63, 3.8) is 0 Å². The lowest BCUT2D eigenvalue weighted by Crippen LogP contribution is -2.30. The number of hydrogen-bond donors (Lipinski definition) is 2. The summed E-state index contributed by atoms with van der Waals surface area (Å²) in [6.07, 6.45) is 0. The van der Waals surface area contributed by atoms with Crippen LogP contribution in [0.1, 0.15) is 48.7 Å². The highest BCUT2D eigenvalue weighted by Crippen LogP contribution is 2.62. The standard InChI is InChI=1S/C14H18N2O3/c1-13(2)12(14(13,3)4)16-10(17)8-6-5-7-9(15-8)11(18)19/h5-7,12H,1-4H3,(H,16,17)(H,18,19). The van der Waals surface area contributed by atoms with Gasteiger partial charge in [-0.15, -0.1) is 0 Å². The Labute approximate surface area is 112 Å². The molecule has 1 aliphatic rings. The van der Waals surface area contributed by atoms with Crippen molar-refractivity contribution in [2.75, 3.05) is 0 Å². The maximum atomic E-state index is 12.1. The first-order valence-corrected chi connectivity index (χ1v) is 6.19. The van der Waals surface area contributed by atoms with Gasteiger partial charge in [0.25, 0.3) is 5.91 Å². The fourth-order valence-electron chi connectivity index (χ4n) is 2.44. The number of nitrogens with zero attached hydrogens (tertiary/aromatic N) is 1. The van der Waals surface area contributed by atoms with Crippen LogP contribution in [-0.2, 0) is 0 Å². The van der Waals surface area contributed by atoms with E-state index in [4.69, 9.17) is 5.11 Å². The van der Waals surface area contributed by atoms with E-state index in [-0.39, 0.29) is 34.2 Å². The SMILES string of the molecule is CC1(C)C(NC(=O)c2cccc(C(=O)O)n2)C1(C)C. The molecule has 0 saturated heterocycles. The van der Waals surface area contributed by atoms with E-state index in [0.717, 1.165) is 0 Å². The van der Waals surface area contributed by atoms with Gasteiger partial charge >= 0.3 is 5.97 Å². The lowest BCUT2D eigenvalue weighted by Gasteiger charge is -2.06. The summed E-state index contributed by atoms with van der Waals surface area (Å²) >= 11 is 0. The molecule has 0 atom stereocenters. The first kappa shape index (κ1) is 13.5. The van der Waals surface area contributed by atoms with Gasteiger partial charge in [-0.25, -0.2) is 9.78 Å². The summed E-state index contributed by atoms with van der Waals surface area (Å²) in [4.78, 5) is 26.7. The summed E-state index contributed by atoms with van der Waals surface area (Å²) in [5, 5.41) is 11.8. The molecule has 1 fully saturated rings. The Balaban J connectivity index is 2.14. The van der Waals surface area contributed by atoms with Crippen molar-refractivity contribution in [2.45, 2.75) is 33.7 Å². The Kier molecular flexibility index (Phi) is 2.88. The zero-order chi connectivity index (χ0) is 14.4. The highest BCUT2D eigenvalue weighted by Gasteiger charge is 2.65. The number of carbonyl (C=O) groups is 2. The molecular weight excluding hydrogens is 244 g/mol. The third kappa shape index (κ3) is 2.09. The highest BCUT2D eigenvalue weighted by molar-refractivity contribution is 5.94. The van der Waals surface area contributed by atoms with Crippen LogP contribution < -0.4 is 5.32 Å². The van der Waals surface area contributed by atoms with Gasteiger partial charge in [-0.2, -0.15) is 0 Å². The fourth-order valence-corrected chi connectivity index (χ4v) is 2.44. The third-order valence-corrected chi connectivity index (χ3v) is 4.50. The van der Waals surface area contributed by atoms with Crippen LogP contribution in [0.3, 0.4) is 0 Å². The van der Waals surface area contributed by atoms with Crippen LogP contribution in [0.4, 0.5) is 0 Å². The number of pyridine rings is 1. The van der Waals surface area contributed by atoms with Crippen molar-refractivity contribution in [1.82, 2.24) is 10.3 Å². The molecule has 0 spiro atoms. The number of carboxylic acids is 1. The van der Waals surface area contributed by atoms with Crippen molar-refractivity contribution in [3.8, 4) is 0 Å². The van der Waals surface area contributed by atoms with Gasteiger partial charge < -0.3 is 10.4 Å². The maximum Gasteiger partial charge on any atom is 0.354 e. The summed E-state index contributed by atoms with van der Waals surface area (Å²) in [5.74, 6) is -1.46. The quantitative estimate of drug-likeness (QED) is 0.872. The largest absolute Gasteiger partial charge is 0.477 e. The Morgan fingerprint density at radius 2 is 1.68 bits per heavy atom. The molecule has 1 aromatic heterocycles. The van der Waals surface area contributed by atoms with E-state index in [0.29, 0.717) is 0 Å². The highest BCUT2D eigenvalue weighted by atomic mass is 16.4. The van der Waals surface area contributed by atoms with Crippen LogP contribution in [0, 0.1) is 10.8 Å². The second-order valence-corrected chi connectivity index (χ2v) is 6.06. The Morgan fingerprint density at radius 3 is 2.16 bits per heavy atom. The van der Waals surface area contributed by atoms with Gasteiger partial charge in [-0.3, -0.25) is 4.79 Å². The molecule has 1 aliphatic carbocycles. The van der Waals surface area contributed by atoms with Gasteiger partial charge in [0, 0.05) is 6.04 Å². The van der Waals surface area contributed by atoms with Gasteiger partial charge in [0.15, 0.2) is 0 Å². The minimum absolute atomic E-state index is 0.0348. The third-order valence-electron chi connectivity index (χ3n) is 4.50. The Hall–Kier alpha value is -1.91. The van der Waals surface area contributed by atoms with E-state index in [9.17, 15) is 9.59 Å². The van der Waals surface area contributed by atoms with Crippen molar-refractivity contribution in [1.29, 1.82) is 0 Å². The molecule has 0 unspecified atom stereocenters. The molecule has 2 N–H and O–H groups in total. The van der Waals surface area contributed by atoms with E-state index in [1.807, 2.05) is 0 Å². The molecule has 5 nitrogen and oxygen atoms in total. The number of rotatable bonds is 3. The predicted octanol–water partition coefficient (Wildman–Crippen LogP) is 1.94. The molecule has 1 heterocycles. The van der Waals surface area contributed by atoms with Gasteiger partial charge in [0.2, 0.25) is 0 Å². The van der Waals surface area contributed by atoms with Crippen LogP contribution in [0.2, 0.25) is 0 Å². The molecule has 1 saturated carbocycles. The monoisotopic (exact) mass is 262 g/mol. The maximum absolute atomic E-state index is 12.1. The number of carbonyl (C=O) groups excluding carboxylic acids is 1. The van der Waals surface area contributed by atoms with E-state index >= 15 is 0 Å². The van der Waals surface area contributed by atoms with E-state index in [2.05, 4.69) is 38.0 Å². The number of carboxylic acid groups (broad SMARTS) is 1. The Morgan fingerprint density at radius 1 is 1.16 bits per heavy atom. The predicted molar refractivity (Wildman–Crippen MR) is 70.0 cm³/mol. The van der Waals surface area contributed by atoms with Crippen LogP contribution in [0.25, 0.3) is 0 Å². The van der Waals surface area contributed by atoms with Gasteiger partial charge in [-0.1, -0.05) is 33.8 Å². The van der Waals surface area contributed by atoms with Crippen molar-refractivity contribution >= 4 is 11.9 Å². The smallest absolute Gasteiger partial charge is 0.354 e. The number of nitrogens with one attached hydrogen (secondary N) is 1. The zero-order valence-corrected chi connectivity index (χ0v) is 11.5. The lowest BCUT2D eigenvalue weighted by atomic mass is 10.0. The second-order valence-electron chi connectivity index (χ2n) is 6.06. The van der Waals surface area contributed by atoms with Gasteiger partial charge in [0.05, 0.1) is 0 Å². The molecule has 0 aromatic carbocycles. The lowest BCUT2D eigenvalue weighted by molar-refractivity contribution is 0.0690. The van der Waals surface area contributed by atoms with E-state index < -0.39 is 5.97 Å². The molecule has 19 heavy (non-hydrogen) atoms. The van der Waals surface area contributed by atoms with Crippen molar-refractivity contribution < 1.29 is 14.7 Å². The van der Waals surface area contributed by atoms with E-state index in [1.54, 1.807) is 0 Å². The normalized spacial score (nSPS) is 19.8. The van der Waals surface area contributed by atoms with Crippen molar-refractivity contribution in [3.05, 3.63) is 29.6 Å². The minimum Gasteiger partial charge on any atom is -0.477 e. The topological polar surface area (TPSA) is 79.3 Å². The molecule has 102 valence electrons. The van der Waals surface area contributed by atoms with Gasteiger partial charge in [0.1, 0.15) is 11.4 Å². The summed E-state index contributed by atoms with van der Waals surface area (Å²) in [7, 11) is 0. The molecule has 5 heteroatoms. The summed E-state index contributed by atoms with van der Waals surface area (Å²) in [5.41, 5.74) is 0.0838. The molecule has 0 aliphatic heterocycles. The molecule has 0 bridgehead atoms. The molecule has 0 radical (unpaired) electrons. The molecule has 2 rings (SSSR count). The molecular formula is C14H18N2O3. The number of hydrogen-bond acceptors (Lipinski definition) is 3. The summed E-state index contributed by atoms with van der Waals surface area (Å²) < 4.78 is 0. The number of amides is 1. The average Bonchev–Trinajstić information content (AvgIpc) is 2.71. The fraction of sp³-hybridized carbons (Fsp3) is 0.500. The molecule has 1 amide bonds.